The summed E-state index contributed by atoms with van der Waals surface area (Å²) in [6.07, 6.45) is -0.0438. The Hall–Kier alpha value is -3.08. The fraction of sp³-hybridized carbons (Fsp3) is 0.158. The fourth-order valence-electron chi connectivity index (χ4n) is 2.61. The third-order valence-electron chi connectivity index (χ3n) is 3.94. The molecule has 2 aromatic carbocycles. The van der Waals surface area contributed by atoms with Gasteiger partial charge in [0, 0.05) is 18.0 Å². The van der Waals surface area contributed by atoms with Gasteiger partial charge in [-0.1, -0.05) is 30.3 Å². The number of phenolic OH excluding ortho intramolecular Hbond substituents is 1. The largest absolute Gasteiger partial charge is 0.508 e. The molecule has 0 bridgehead atoms. The molecule has 1 heterocycles. The number of rotatable bonds is 4. The number of hydrogen-bond donors (Lipinski definition) is 2. The number of hydrogen-bond acceptors (Lipinski definition) is 4. The standard InChI is InChI=1S/C19H17NO4/c1-12-15-8-7-14(21)9-17(15)24-19(23)16(12)10-18(22)20-11-13-5-3-2-4-6-13/h2-9,21H,10-11H2,1H3,(H,20,22). The van der Waals surface area contributed by atoms with E-state index in [2.05, 4.69) is 5.32 Å². The molecule has 0 radical (unpaired) electrons. The number of aromatic hydroxyl groups is 1. The van der Waals surface area contributed by atoms with Crippen LogP contribution in [-0.2, 0) is 17.8 Å². The molecule has 0 aliphatic carbocycles. The van der Waals surface area contributed by atoms with Crippen molar-refractivity contribution in [3.8, 4) is 5.75 Å². The smallest absolute Gasteiger partial charge is 0.340 e. The molecule has 3 aromatic rings. The maximum Gasteiger partial charge on any atom is 0.340 e. The van der Waals surface area contributed by atoms with Crippen molar-refractivity contribution >= 4 is 16.9 Å². The third kappa shape index (κ3) is 3.30. The van der Waals surface area contributed by atoms with Crippen molar-refractivity contribution in [3.63, 3.8) is 0 Å². The van der Waals surface area contributed by atoms with Crippen LogP contribution in [0, 0.1) is 6.92 Å². The van der Waals surface area contributed by atoms with E-state index in [9.17, 15) is 14.7 Å². The molecule has 0 spiro atoms. The maximum absolute atomic E-state index is 12.1. The van der Waals surface area contributed by atoms with Gasteiger partial charge in [-0.2, -0.15) is 0 Å². The van der Waals surface area contributed by atoms with Gasteiger partial charge in [-0.25, -0.2) is 4.79 Å². The highest BCUT2D eigenvalue weighted by atomic mass is 16.4. The summed E-state index contributed by atoms with van der Waals surface area (Å²) in [6.45, 7) is 2.18. The zero-order valence-electron chi connectivity index (χ0n) is 13.2. The van der Waals surface area contributed by atoms with Crippen LogP contribution in [-0.4, -0.2) is 11.0 Å². The summed E-state index contributed by atoms with van der Waals surface area (Å²) in [5.41, 5.74) is 1.77. The fourth-order valence-corrected chi connectivity index (χ4v) is 2.61. The Morgan fingerprint density at radius 3 is 2.67 bits per heavy atom. The minimum atomic E-state index is -0.555. The van der Waals surface area contributed by atoms with Gasteiger partial charge in [-0.15, -0.1) is 0 Å². The predicted octanol–water partition coefficient (Wildman–Crippen LogP) is 2.67. The normalized spacial score (nSPS) is 10.7. The summed E-state index contributed by atoms with van der Waals surface area (Å²) in [7, 11) is 0. The van der Waals surface area contributed by atoms with Gasteiger partial charge in [0.1, 0.15) is 11.3 Å². The number of carbonyl (C=O) groups excluding carboxylic acids is 1. The molecular weight excluding hydrogens is 306 g/mol. The van der Waals surface area contributed by atoms with E-state index in [0.717, 1.165) is 5.56 Å². The SMILES string of the molecule is Cc1c(CC(=O)NCc2ccccc2)c(=O)oc2cc(O)ccc12. The van der Waals surface area contributed by atoms with Gasteiger partial charge in [0.25, 0.3) is 0 Å². The Morgan fingerprint density at radius 2 is 1.92 bits per heavy atom. The maximum atomic E-state index is 12.1. The molecule has 5 heteroatoms. The first-order valence-electron chi connectivity index (χ1n) is 7.60. The van der Waals surface area contributed by atoms with E-state index in [1.165, 1.54) is 12.1 Å². The second kappa shape index (κ2) is 6.58. The molecule has 5 nitrogen and oxygen atoms in total. The van der Waals surface area contributed by atoms with Crippen molar-refractivity contribution in [2.24, 2.45) is 0 Å². The van der Waals surface area contributed by atoms with Crippen molar-refractivity contribution in [2.75, 3.05) is 0 Å². The van der Waals surface area contributed by atoms with Crippen LogP contribution in [0.1, 0.15) is 16.7 Å². The average molecular weight is 323 g/mol. The van der Waals surface area contributed by atoms with E-state index >= 15 is 0 Å². The molecule has 122 valence electrons. The lowest BCUT2D eigenvalue weighted by molar-refractivity contribution is -0.120. The number of nitrogens with one attached hydrogen (secondary N) is 1. The Labute approximate surface area is 138 Å². The van der Waals surface area contributed by atoms with Gasteiger partial charge in [0.15, 0.2) is 0 Å². The molecule has 2 N–H and O–H groups in total. The molecule has 0 aliphatic heterocycles. The molecule has 0 saturated heterocycles. The van der Waals surface area contributed by atoms with Crippen LogP contribution in [0.15, 0.2) is 57.7 Å². The van der Waals surface area contributed by atoms with Crippen LogP contribution in [0.3, 0.4) is 0 Å². The molecule has 0 saturated carbocycles. The minimum Gasteiger partial charge on any atom is -0.508 e. The zero-order chi connectivity index (χ0) is 17.1. The topological polar surface area (TPSA) is 79.5 Å². The lowest BCUT2D eigenvalue weighted by Crippen LogP contribution is -2.27. The first-order valence-corrected chi connectivity index (χ1v) is 7.60. The Morgan fingerprint density at radius 1 is 1.17 bits per heavy atom. The minimum absolute atomic E-state index is 0.0263. The Bertz CT molecular complexity index is 945. The highest BCUT2D eigenvalue weighted by Crippen LogP contribution is 2.23. The third-order valence-corrected chi connectivity index (χ3v) is 3.94. The van der Waals surface area contributed by atoms with E-state index in [4.69, 9.17) is 4.42 Å². The van der Waals surface area contributed by atoms with E-state index in [-0.39, 0.29) is 18.1 Å². The summed E-state index contributed by atoms with van der Waals surface area (Å²) in [5.74, 6) is -0.217. The van der Waals surface area contributed by atoms with E-state index < -0.39 is 5.63 Å². The average Bonchev–Trinajstić information content (AvgIpc) is 2.57. The van der Waals surface area contributed by atoms with Gasteiger partial charge in [0.2, 0.25) is 5.91 Å². The lowest BCUT2D eigenvalue weighted by Gasteiger charge is -2.09. The summed E-state index contributed by atoms with van der Waals surface area (Å²) in [5, 5.41) is 13.0. The van der Waals surface area contributed by atoms with E-state index in [1.807, 2.05) is 30.3 Å². The molecule has 24 heavy (non-hydrogen) atoms. The first kappa shape index (κ1) is 15.8. The van der Waals surface area contributed by atoms with Crippen LogP contribution in [0.2, 0.25) is 0 Å². The molecule has 1 aromatic heterocycles. The Balaban J connectivity index is 1.80. The number of amides is 1. The van der Waals surface area contributed by atoms with Crippen molar-refractivity contribution in [3.05, 3.63) is 75.6 Å². The second-order valence-corrected chi connectivity index (χ2v) is 5.61. The summed E-state index contributed by atoms with van der Waals surface area (Å²) in [6, 6.07) is 14.1. The summed E-state index contributed by atoms with van der Waals surface area (Å²) in [4.78, 5) is 24.3. The van der Waals surface area contributed by atoms with E-state index in [1.54, 1.807) is 13.0 Å². The molecule has 1 amide bonds. The molecule has 0 atom stereocenters. The quantitative estimate of drug-likeness (QED) is 0.724. The first-order chi connectivity index (χ1) is 11.5. The van der Waals surface area contributed by atoms with Gasteiger partial charge in [-0.05, 0) is 30.2 Å². The number of carbonyl (C=O) groups is 1. The molecular formula is C19H17NO4. The van der Waals surface area contributed by atoms with Gasteiger partial charge >= 0.3 is 5.63 Å². The van der Waals surface area contributed by atoms with E-state index in [0.29, 0.717) is 28.6 Å². The predicted molar refractivity (Wildman–Crippen MR) is 90.9 cm³/mol. The second-order valence-electron chi connectivity index (χ2n) is 5.61. The molecule has 3 rings (SSSR count). The van der Waals surface area contributed by atoms with Crippen LogP contribution in [0.25, 0.3) is 11.0 Å². The van der Waals surface area contributed by atoms with Crippen molar-refractivity contribution in [2.45, 2.75) is 19.9 Å². The summed E-state index contributed by atoms with van der Waals surface area (Å²) < 4.78 is 5.22. The lowest BCUT2D eigenvalue weighted by atomic mass is 10.0. The van der Waals surface area contributed by atoms with Crippen LogP contribution in [0.4, 0.5) is 0 Å². The molecule has 0 fully saturated rings. The summed E-state index contributed by atoms with van der Waals surface area (Å²) >= 11 is 0. The highest BCUT2D eigenvalue weighted by molar-refractivity contribution is 5.85. The van der Waals surface area contributed by atoms with Gasteiger partial charge in [-0.3, -0.25) is 4.79 Å². The number of fused-ring (bicyclic) bond motifs is 1. The molecule has 0 unspecified atom stereocenters. The van der Waals surface area contributed by atoms with Crippen molar-refractivity contribution in [1.82, 2.24) is 5.32 Å². The highest BCUT2D eigenvalue weighted by Gasteiger charge is 2.15. The Kier molecular flexibility index (Phi) is 4.33. The van der Waals surface area contributed by atoms with Crippen molar-refractivity contribution < 1.29 is 14.3 Å². The number of phenols is 1. The number of benzene rings is 2. The zero-order valence-corrected chi connectivity index (χ0v) is 13.2. The van der Waals surface area contributed by atoms with Crippen LogP contribution >= 0.6 is 0 Å². The van der Waals surface area contributed by atoms with Crippen molar-refractivity contribution in [1.29, 1.82) is 0 Å². The molecule has 0 aliphatic rings. The number of aryl methyl sites for hydroxylation is 1. The van der Waals surface area contributed by atoms with Crippen LogP contribution < -0.4 is 10.9 Å². The van der Waals surface area contributed by atoms with Gasteiger partial charge < -0.3 is 14.8 Å². The van der Waals surface area contributed by atoms with Gasteiger partial charge in [0.05, 0.1) is 12.0 Å². The monoisotopic (exact) mass is 323 g/mol. The van der Waals surface area contributed by atoms with Crippen LogP contribution in [0.5, 0.6) is 5.75 Å².